The van der Waals surface area contributed by atoms with Crippen molar-refractivity contribution in [2.75, 3.05) is 19.7 Å². The van der Waals surface area contributed by atoms with Crippen LogP contribution in [0.4, 0.5) is 0 Å². The monoisotopic (exact) mass is 198 g/mol. The minimum absolute atomic E-state index is 0.0293. The number of rotatable bonds is 4. The van der Waals surface area contributed by atoms with E-state index in [0.717, 1.165) is 25.9 Å². The van der Waals surface area contributed by atoms with Crippen molar-refractivity contribution < 1.29 is 9.90 Å². The third kappa shape index (κ3) is 2.07. The maximum absolute atomic E-state index is 11.6. The SMILES string of the molecule is CC(C(=O)NC1CC1)N1CC(CO)C1. The summed E-state index contributed by atoms with van der Waals surface area (Å²) < 4.78 is 0. The topological polar surface area (TPSA) is 52.6 Å². The van der Waals surface area contributed by atoms with Crippen molar-refractivity contribution in [3.8, 4) is 0 Å². The van der Waals surface area contributed by atoms with Gasteiger partial charge in [-0.2, -0.15) is 0 Å². The molecule has 1 heterocycles. The Labute approximate surface area is 84.3 Å². The quantitative estimate of drug-likeness (QED) is 0.645. The molecule has 1 unspecified atom stereocenters. The molecule has 1 atom stereocenters. The molecule has 1 aliphatic carbocycles. The zero-order valence-electron chi connectivity index (χ0n) is 8.57. The van der Waals surface area contributed by atoms with E-state index < -0.39 is 0 Å². The van der Waals surface area contributed by atoms with Gasteiger partial charge in [-0.1, -0.05) is 0 Å². The van der Waals surface area contributed by atoms with Crippen LogP contribution in [0.1, 0.15) is 19.8 Å². The first kappa shape index (κ1) is 9.93. The molecule has 4 heteroatoms. The van der Waals surface area contributed by atoms with Crippen LogP contribution < -0.4 is 5.32 Å². The number of nitrogens with zero attached hydrogens (tertiary/aromatic N) is 1. The number of hydrogen-bond acceptors (Lipinski definition) is 3. The van der Waals surface area contributed by atoms with E-state index in [4.69, 9.17) is 5.11 Å². The third-order valence-electron chi connectivity index (χ3n) is 3.09. The van der Waals surface area contributed by atoms with Gasteiger partial charge in [0.2, 0.25) is 5.91 Å². The van der Waals surface area contributed by atoms with E-state index in [0.29, 0.717) is 12.0 Å². The van der Waals surface area contributed by atoms with Crippen molar-refractivity contribution in [1.82, 2.24) is 10.2 Å². The molecule has 1 saturated carbocycles. The first-order valence-electron chi connectivity index (χ1n) is 5.36. The van der Waals surface area contributed by atoms with Crippen LogP contribution in [-0.4, -0.2) is 47.7 Å². The minimum atomic E-state index is -0.0293. The van der Waals surface area contributed by atoms with Crippen molar-refractivity contribution in [2.45, 2.75) is 31.8 Å². The number of amides is 1. The van der Waals surface area contributed by atoms with Gasteiger partial charge in [-0.3, -0.25) is 9.69 Å². The molecule has 0 spiro atoms. The summed E-state index contributed by atoms with van der Waals surface area (Å²) in [4.78, 5) is 13.7. The normalized spacial score (nSPS) is 25.6. The Bertz CT molecular complexity index is 222. The van der Waals surface area contributed by atoms with Crippen molar-refractivity contribution in [2.24, 2.45) is 5.92 Å². The van der Waals surface area contributed by atoms with Gasteiger partial charge in [0.05, 0.1) is 6.04 Å². The largest absolute Gasteiger partial charge is 0.396 e. The molecular weight excluding hydrogens is 180 g/mol. The van der Waals surface area contributed by atoms with E-state index in [2.05, 4.69) is 10.2 Å². The van der Waals surface area contributed by atoms with Crippen LogP contribution >= 0.6 is 0 Å². The summed E-state index contributed by atoms with van der Waals surface area (Å²) in [7, 11) is 0. The smallest absolute Gasteiger partial charge is 0.237 e. The molecule has 0 aromatic carbocycles. The molecular formula is C10H18N2O2. The second kappa shape index (κ2) is 3.87. The van der Waals surface area contributed by atoms with E-state index in [-0.39, 0.29) is 18.6 Å². The summed E-state index contributed by atoms with van der Waals surface area (Å²) in [5.74, 6) is 0.523. The van der Waals surface area contributed by atoms with Crippen LogP contribution in [0.2, 0.25) is 0 Å². The highest BCUT2D eigenvalue weighted by Gasteiger charge is 2.34. The number of carbonyl (C=O) groups excluding carboxylic acids is 1. The number of carbonyl (C=O) groups is 1. The molecule has 1 aliphatic heterocycles. The number of nitrogens with one attached hydrogen (secondary N) is 1. The summed E-state index contributed by atoms with van der Waals surface area (Å²) in [5, 5.41) is 11.8. The van der Waals surface area contributed by atoms with Crippen molar-refractivity contribution in [1.29, 1.82) is 0 Å². The molecule has 2 N–H and O–H groups in total. The predicted molar refractivity (Wildman–Crippen MR) is 52.8 cm³/mol. The van der Waals surface area contributed by atoms with Gasteiger partial charge < -0.3 is 10.4 Å². The number of hydrogen-bond donors (Lipinski definition) is 2. The van der Waals surface area contributed by atoms with Crippen LogP contribution in [-0.2, 0) is 4.79 Å². The number of likely N-dealkylation sites (tertiary alicyclic amines) is 1. The number of aliphatic hydroxyl groups is 1. The first-order valence-corrected chi connectivity index (χ1v) is 5.36. The Morgan fingerprint density at radius 1 is 1.57 bits per heavy atom. The van der Waals surface area contributed by atoms with Gasteiger partial charge in [-0.05, 0) is 19.8 Å². The Kier molecular flexibility index (Phi) is 2.74. The lowest BCUT2D eigenvalue weighted by Gasteiger charge is -2.41. The van der Waals surface area contributed by atoms with Gasteiger partial charge >= 0.3 is 0 Å². The van der Waals surface area contributed by atoms with Crippen LogP contribution in [0.5, 0.6) is 0 Å². The Morgan fingerprint density at radius 2 is 2.21 bits per heavy atom. The Hall–Kier alpha value is -0.610. The molecule has 1 amide bonds. The van der Waals surface area contributed by atoms with E-state index >= 15 is 0 Å². The maximum atomic E-state index is 11.6. The molecule has 0 aromatic heterocycles. The minimum Gasteiger partial charge on any atom is -0.396 e. The lowest BCUT2D eigenvalue weighted by molar-refractivity contribution is -0.129. The lowest BCUT2D eigenvalue weighted by Crippen LogP contribution is -2.57. The first-order chi connectivity index (χ1) is 6.70. The van der Waals surface area contributed by atoms with E-state index in [9.17, 15) is 4.79 Å². The highest BCUT2D eigenvalue weighted by Crippen LogP contribution is 2.21. The zero-order chi connectivity index (χ0) is 10.1. The average molecular weight is 198 g/mol. The van der Waals surface area contributed by atoms with Gasteiger partial charge in [0.15, 0.2) is 0 Å². The number of aliphatic hydroxyl groups excluding tert-OH is 1. The van der Waals surface area contributed by atoms with E-state index in [1.165, 1.54) is 0 Å². The zero-order valence-corrected chi connectivity index (χ0v) is 8.57. The van der Waals surface area contributed by atoms with Crippen LogP contribution in [0, 0.1) is 5.92 Å². The highest BCUT2D eigenvalue weighted by molar-refractivity contribution is 5.82. The molecule has 0 bridgehead atoms. The van der Waals surface area contributed by atoms with Crippen molar-refractivity contribution >= 4 is 5.91 Å². The van der Waals surface area contributed by atoms with E-state index in [1.54, 1.807) is 0 Å². The summed E-state index contributed by atoms with van der Waals surface area (Å²) in [6.07, 6.45) is 2.27. The van der Waals surface area contributed by atoms with Crippen LogP contribution in [0.15, 0.2) is 0 Å². The molecule has 2 aliphatic rings. The standard InChI is InChI=1S/C10H18N2O2/c1-7(10(14)11-9-2-3-9)12-4-8(5-12)6-13/h7-9,13H,2-6H2,1H3,(H,11,14). The van der Waals surface area contributed by atoms with Crippen molar-refractivity contribution in [3.05, 3.63) is 0 Å². The van der Waals surface area contributed by atoms with Gasteiger partial charge in [0.1, 0.15) is 0 Å². The summed E-state index contributed by atoms with van der Waals surface area (Å²) >= 11 is 0. The van der Waals surface area contributed by atoms with Gasteiger partial charge in [-0.15, -0.1) is 0 Å². The predicted octanol–water partition coefficient (Wildman–Crippen LogP) is -0.422. The Morgan fingerprint density at radius 3 is 2.71 bits per heavy atom. The van der Waals surface area contributed by atoms with Gasteiger partial charge in [0.25, 0.3) is 0 Å². The lowest BCUT2D eigenvalue weighted by atomic mass is 9.99. The molecule has 0 aromatic rings. The second-order valence-corrected chi connectivity index (χ2v) is 4.46. The second-order valence-electron chi connectivity index (χ2n) is 4.46. The van der Waals surface area contributed by atoms with E-state index in [1.807, 2.05) is 6.92 Å². The molecule has 14 heavy (non-hydrogen) atoms. The van der Waals surface area contributed by atoms with Gasteiger partial charge in [0, 0.05) is 31.7 Å². The fraction of sp³-hybridized carbons (Fsp3) is 0.900. The molecule has 4 nitrogen and oxygen atoms in total. The molecule has 2 fully saturated rings. The summed E-state index contributed by atoms with van der Waals surface area (Å²) in [6.45, 7) is 3.89. The molecule has 2 rings (SSSR count). The maximum Gasteiger partial charge on any atom is 0.237 e. The average Bonchev–Trinajstić information content (AvgIpc) is 2.86. The third-order valence-corrected chi connectivity index (χ3v) is 3.09. The van der Waals surface area contributed by atoms with Crippen LogP contribution in [0.3, 0.4) is 0 Å². The highest BCUT2D eigenvalue weighted by atomic mass is 16.3. The summed E-state index contributed by atoms with van der Waals surface area (Å²) in [5.41, 5.74) is 0. The Balaban J connectivity index is 1.71. The molecule has 0 radical (unpaired) electrons. The van der Waals surface area contributed by atoms with Crippen LogP contribution in [0.25, 0.3) is 0 Å². The molecule has 80 valence electrons. The van der Waals surface area contributed by atoms with Gasteiger partial charge in [-0.25, -0.2) is 0 Å². The molecule has 1 saturated heterocycles. The van der Waals surface area contributed by atoms with Crippen molar-refractivity contribution in [3.63, 3.8) is 0 Å². The fourth-order valence-electron chi connectivity index (χ4n) is 1.76. The fourth-order valence-corrected chi connectivity index (χ4v) is 1.76. The summed E-state index contributed by atoms with van der Waals surface area (Å²) in [6, 6.07) is 0.415.